The molecule has 2 aromatic carbocycles. The van der Waals surface area contributed by atoms with E-state index >= 15 is 0 Å². The van der Waals surface area contributed by atoms with E-state index in [1.807, 2.05) is 12.3 Å². The van der Waals surface area contributed by atoms with E-state index in [-0.39, 0.29) is 56.9 Å². The van der Waals surface area contributed by atoms with Crippen molar-refractivity contribution in [2.45, 2.75) is 13.1 Å². The maximum atomic E-state index is 4.33. The normalized spacial score (nSPS) is 12.1. The minimum absolute atomic E-state index is 0. The van der Waals surface area contributed by atoms with Crippen LogP contribution in [0.25, 0.3) is 0 Å². The average molecular weight is 828 g/mol. The standard InChI is InChI=1S/C8H5BrIN.C8H6BrN.I2.K.H2O/c9-6-2-1-5-4-11-8(10)7(5)3-6;9-8-2-1-6-4-10-5-7(6)3-8;1-2;;/h1-3H,4H2;1-3,5H,4H2;;;1H2/q;;;+1;/p-1. The molecular weight excluding hydrogens is 816 g/mol. The molecule has 1 N–H and O–H groups in total. The Labute approximate surface area is 244 Å². The molecule has 2 heterocycles. The summed E-state index contributed by atoms with van der Waals surface area (Å²) in [6, 6.07) is 12.5. The predicted octanol–water partition coefficient (Wildman–Crippen LogP) is 4.12. The Morgan fingerprint density at radius 1 is 0.880 bits per heavy atom. The maximum absolute atomic E-state index is 4.33. The van der Waals surface area contributed by atoms with E-state index in [1.165, 1.54) is 22.3 Å². The molecule has 0 saturated carbocycles. The van der Waals surface area contributed by atoms with Crippen LogP contribution in [0, 0.1) is 0 Å². The second-order valence-electron chi connectivity index (χ2n) is 4.72. The van der Waals surface area contributed by atoms with Gasteiger partial charge in [-0.2, -0.15) is 0 Å². The average Bonchev–Trinajstić information content (AvgIpc) is 3.17. The van der Waals surface area contributed by atoms with Crippen LogP contribution in [0.15, 0.2) is 55.3 Å². The first kappa shape index (κ1) is 27.5. The third kappa shape index (κ3) is 8.42. The predicted molar refractivity (Wildman–Crippen MR) is 134 cm³/mol. The van der Waals surface area contributed by atoms with Crippen LogP contribution in [0.4, 0.5) is 0 Å². The van der Waals surface area contributed by atoms with Gasteiger partial charge >= 0.3 is 51.4 Å². The van der Waals surface area contributed by atoms with Crippen molar-refractivity contribution >= 4 is 102 Å². The molecule has 0 spiro atoms. The molecule has 0 aromatic heterocycles. The number of nitrogens with zero attached hydrogens (tertiary/aromatic N) is 2. The molecule has 0 fully saturated rings. The molecular formula is C16H12Br2I3KN2O. The molecule has 0 bridgehead atoms. The largest absolute Gasteiger partial charge is 1.00 e. The van der Waals surface area contributed by atoms with E-state index in [0.717, 1.165) is 25.8 Å². The first-order chi connectivity index (χ1) is 11.1. The second-order valence-corrected chi connectivity index (χ2v) is 7.57. The molecule has 0 amide bonds. The minimum atomic E-state index is 0. The molecule has 4 rings (SSSR count). The Kier molecular flexibility index (Phi) is 16.0. The fourth-order valence-corrected chi connectivity index (χ4v) is 3.60. The van der Waals surface area contributed by atoms with Crippen molar-refractivity contribution in [1.82, 2.24) is 0 Å². The van der Waals surface area contributed by atoms with Gasteiger partial charge in [0.05, 0.1) is 13.1 Å². The summed E-state index contributed by atoms with van der Waals surface area (Å²) in [6.45, 7) is 1.70. The Hall–Kier alpha value is 2.53. The minimum Gasteiger partial charge on any atom is -0.870 e. The number of hydrogen-bond acceptors (Lipinski definition) is 3. The van der Waals surface area contributed by atoms with Gasteiger partial charge in [0.25, 0.3) is 0 Å². The van der Waals surface area contributed by atoms with Crippen LogP contribution >= 0.6 is 91.7 Å². The van der Waals surface area contributed by atoms with Crippen molar-refractivity contribution in [3.05, 3.63) is 67.6 Å². The molecule has 2 aliphatic heterocycles. The van der Waals surface area contributed by atoms with Gasteiger partial charge in [-0.1, -0.05) is 44.0 Å². The Balaban J connectivity index is 0.000000392. The van der Waals surface area contributed by atoms with Crippen LogP contribution in [0.2, 0.25) is 0 Å². The SMILES string of the molecule is Brc1ccc2c(c1)C(I)=NC2.Brc1ccc2c(c1)C=NC2.II.[K+].[OH-]. The number of aliphatic imine (C=N–C) groups is 2. The van der Waals surface area contributed by atoms with Crippen molar-refractivity contribution in [2.24, 2.45) is 9.98 Å². The quantitative estimate of drug-likeness (QED) is 0.292. The molecule has 0 radical (unpaired) electrons. The van der Waals surface area contributed by atoms with Crippen LogP contribution in [-0.4, -0.2) is 15.4 Å². The Bertz CT molecular complexity index is 773. The first-order valence-corrected chi connectivity index (χ1v) is 15.5. The van der Waals surface area contributed by atoms with Crippen molar-refractivity contribution < 1.29 is 56.9 Å². The van der Waals surface area contributed by atoms with Crippen molar-refractivity contribution in [2.75, 3.05) is 0 Å². The Morgan fingerprint density at radius 3 is 2.16 bits per heavy atom. The van der Waals surface area contributed by atoms with E-state index in [9.17, 15) is 0 Å². The smallest absolute Gasteiger partial charge is 0.870 e. The topological polar surface area (TPSA) is 54.7 Å². The number of benzene rings is 2. The van der Waals surface area contributed by atoms with Gasteiger partial charge in [0.15, 0.2) is 0 Å². The second kappa shape index (κ2) is 14.5. The van der Waals surface area contributed by atoms with Gasteiger partial charge in [0, 0.05) is 58.0 Å². The monoisotopic (exact) mass is 826 g/mol. The van der Waals surface area contributed by atoms with E-state index in [1.54, 1.807) is 0 Å². The number of halogens is 5. The van der Waals surface area contributed by atoms with Gasteiger partial charge in [-0.25, -0.2) is 0 Å². The molecule has 25 heavy (non-hydrogen) atoms. The molecule has 0 aliphatic carbocycles. The molecule has 0 saturated heterocycles. The molecule has 0 atom stereocenters. The third-order valence-electron chi connectivity index (χ3n) is 3.28. The summed E-state index contributed by atoms with van der Waals surface area (Å²) in [5.41, 5.74) is 5.18. The molecule has 0 unspecified atom stereocenters. The summed E-state index contributed by atoms with van der Waals surface area (Å²) in [5, 5.41) is 0. The third-order valence-corrected chi connectivity index (χ3v) is 5.19. The van der Waals surface area contributed by atoms with Crippen LogP contribution in [0.3, 0.4) is 0 Å². The number of fused-ring (bicyclic) bond motifs is 2. The molecule has 3 nitrogen and oxygen atoms in total. The first-order valence-electron chi connectivity index (χ1n) is 6.55. The maximum Gasteiger partial charge on any atom is 1.00 e. The Morgan fingerprint density at radius 2 is 1.48 bits per heavy atom. The number of rotatable bonds is 0. The molecule has 2 aromatic rings. The van der Waals surface area contributed by atoms with E-state index in [2.05, 4.69) is 132 Å². The molecule has 2 aliphatic rings. The zero-order chi connectivity index (χ0) is 16.8. The van der Waals surface area contributed by atoms with Gasteiger partial charge in [-0.05, 0) is 63.5 Å². The van der Waals surface area contributed by atoms with Gasteiger partial charge in [-0.3, -0.25) is 9.98 Å². The zero-order valence-corrected chi connectivity index (χ0v) is 26.0. The summed E-state index contributed by atoms with van der Waals surface area (Å²) in [4.78, 5) is 8.47. The summed E-state index contributed by atoms with van der Waals surface area (Å²) in [7, 11) is 0. The fourth-order valence-electron chi connectivity index (χ4n) is 2.19. The summed E-state index contributed by atoms with van der Waals surface area (Å²) in [6.07, 6.45) is 1.92. The van der Waals surface area contributed by atoms with E-state index in [0.29, 0.717) is 0 Å². The van der Waals surface area contributed by atoms with E-state index < -0.39 is 0 Å². The summed E-state index contributed by atoms with van der Waals surface area (Å²) < 4.78 is 3.38. The van der Waals surface area contributed by atoms with Crippen molar-refractivity contribution in [3.8, 4) is 0 Å². The van der Waals surface area contributed by atoms with E-state index in [4.69, 9.17) is 0 Å². The van der Waals surface area contributed by atoms with Gasteiger partial charge < -0.3 is 5.48 Å². The summed E-state index contributed by atoms with van der Waals surface area (Å²) >= 11 is 13.3. The molecule has 9 heteroatoms. The number of hydrogen-bond donors (Lipinski definition) is 0. The van der Waals surface area contributed by atoms with Crippen LogP contribution < -0.4 is 51.4 Å². The van der Waals surface area contributed by atoms with Crippen molar-refractivity contribution in [1.29, 1.82) is 0 Å². The fraction of sp³-hybridized carbons (Fsp3) is 0.125. The van der Waals surface area contributed by atoms with Gasteiger partial charge in [0.2, 0.25) is 0 Å². The summed E-state index contributed by atoms with van der Waals surface area (Å²) in [5.74, 6) is 0. The zero-order valence-electron chi connectivity index (χ0n) is 13.2. The van der Waals surface area contributed by atoms with Crippen LogP contribution in [-0.2, 0) is 13.1 Å². The van der Waals surface area contributed by atoms with Gasteiger partial charge in [0.1, 0.15) is 3.72 Å². The van der Waals surface area contributed by atoms with Crippen LogP contribution in [0.5, 0.6) is 0 Å². The van der Waals surface area contributed by atoms with Crippen LogP contribution in [0.1, 0.15) is 22.3 Å². The van der Waals surface area contributed by atoms with Crippen molar-refractivity contribution in [3.63, 3.8) is 0 Å². The van der Waals surface area contributed by atoms with Gasteiger partial charge in [-0.15, -0.1) is 0 Å². The molecule has 128 valence electrons.